The molecule has 0 bridgehead atoms. The molecule has 0 aliphatic rings. The first-order chi connectivity index (χ1) is 11.6. The monoisotopic (exact) mass is 375 g/mol. The Balaban J connectivity index is 1.54. The van der Waals surface area contributed by atoms with Gasteiger partial charge in [0.15, 0.2) is 9.50 Å². The Hall–Kier alpha value is -2.02. The molecule has 6 nitrogen and oxygen atoms in total. The molecule has 122 valence electrons. The molecule has 2 aromatic heterocycles. The van der Waals surface area contributed by atoms with Crippen molar-refractivity contribution >= 4 is 56.9 Å². The lowest BCUT2D eigenvalue weighted by atomic mass is 10.2. The zero-order valence-electron chi connectivity index (χ0n) is 12.7. The Kier molecular flexibility index (Phi) is 5.40. The minimum Gasteiger partial charge on any atom is -0.333 e. The third-order valence-electron chi connectivity index (χ3n) is 2.89. The van der Waals surface area contributed by atoms with E-state index in [1.54, 1.807) is 0 Å². The van der Waals surface area contributed by atoms with Gasteiger partial charge in [-0.1, -0.05) is 46.8 Å². The molecule has 0 radical (unpaired) electrons. The van der Waals surface area contributed by atoms with Crippen LogP contribution in [-0.4, -0.2) is 37.6 Å². The summed E-state index contributed by atoms with van der Waals surface area (Å²) in [7, 11) is 0. The molecule has 2 heterocycles. The van der Waals surface area contributed by atoms with Crippen LogP contribution < -0.4 is 5.32 Å². The number of benzene rings is 1. The van der Waals surface area contributed by atoms with Crippen LogP contribution in [-0.2, 0) is 4.79 Å². The molecule has 1 amide bonds. The molecule has 0 aliphatic heterocycles. The number of amides is 1. The summed E-state index contributed by atoms with van der Waals surface area (Å²) in [6.07, 6.45) is 5.20. The van der Waals surface area contributed by atoms with E-state index in [1.807, 2.05) is 25.1 Å². The van der Waals surface area contributed by atoms with Gasteiger partial charge in [-0.25, -0.2) is 4.98 Å². The Morgan fingerprint density at radius 3 is 3.12 bits per heavy atom. The molecule has 0 fully saturated rings. The number of hydrogen-bond donors (Lipinski definition) is 2. The summed E-state index contributed by atoms with van der Waals surface area (Å²) < 4.78 is 0.739. The highest BCUT2D eigenvalue weighted by Crippen LogP contribution is 2.25. The number of H-pyrrole nitrogens is 1. The van der Waals surface area contributed by atoms with Crippen LogP contribution in [0.3, 0.4) is 0 Å². The fraction of sp³-hybridized carbons (Fsp3) is 0.200. The summed E-state index contributed by atoms with van der Waals surface area (Å²) in [5, 5.41) is 11.8. The van der Waals surface area contributed by atoms with E-state index >= 15 is 0 Å². The fourth-order valence-electron chi connectivity index (χ4n) is 1.88. The molecule has 9 heteroatoms. The van der Waals surface area contributed by atoms with E-state index in [2.05, 4.69) is 31.4 Å². The number of imidazole rings is 1. The zero-order chi connectivity index (χ0) is 16.9. The molecular formula is C15H13N5OS3. The number of thioether (sulfide) groups is 2. The van der Waals surface area contributed by atoms with E-state index in [0.29, 0.717) is 16.0 Å². The summed E-state index contributed by atoms with van der Waals surface area (Å²) in [5.74, 6) is 3.14. The number of anilines is 1. The molecule has 1 aromatic carbocycles. The number of aromatic nitrogens is 4. The first-order valence-electron chi connectivity index (χ1n) is 6.93. The minimum atomic E-state index is -0.152. The second kappa shape index (κ2) is 7.70. The molecule has 0 spiro atoms. The van der Waals surface area contributed by atoms with Crippen molar-refractivity contribution in [2.75, 3.05) is 16.8 Å². The first kappa shape index (κ1) is 16.8. The van der Waals surface area contributed by atoms with Crippen LogP contribution >= 0.6 is 34.9 Å². The number of aryl methyl sites for hydroxylation is 1. The third kappa shape index (κ3) is 4.29. The second-order valence-electron chi connectivity index (χ2n) is 4.77. The van der Waals surface area contributed by atoms with Crippen molar-refractivity contribution in [2.45, 2.75) is 16.4 Å². The van der Waals surface area contributed by atoms with E-state index in [4.69, 9.17) is 6.42 Å². The largest absolute Gasteiger partial charge is 0.333 e. The summed E-state index contributed by atoms with van der Waals surface area (Å²) in [6.45, 7) is 2.03. The van der Waals surface area contributed by atoms with Gasteiger partial charge in [0.2, 0.25) is 11.0 Å². The van der Waals surface area contributed by atoms with Crippen LogP contribution in [0.5, 0.6) is 0 Å². The lowest BCUT2D eigenvalue weighted by Crippen LogP contribution is -2.13. The summed E-state index contributed by atoms with van der Waals surface area (Å²) in [5.41, 5.74) is 3.02. The highest BCUT2D eigenvalue weighted by molar-refractivity contribution is 8.01. The Morgan fingerprint density at radius 1 is 1.42 bits per heavy atom. The molecule has 0 saturated heterocycles. The number of nitrogens with one attached hydrogen (secondary N) is 2. The number of carbonyl (C=O) groups excluding carboxylic acids is 1. The quantitative estimate of drug-likeness (QED) is 0.391. The normalized spacial score (nSPS) is 10.7. The van der Waals surface area contributed by atoms with Crippen molar-refractivity contribution in [3.63, 3.8) is 0 Å². The van der Waals surface area contributed by atoms with Crippen molar-refractivity contribution in [1.29, 1.82) is 0 Å². The Morgan fingerprint density at radius 2 is 2.29 bits per heavy atom. The average molecular weight is 376 g/mol. The number of nitrogens with zero attached hydrogens (tertiary/aromatic N) is 3. The number of rotatable bonds is 6. The van der Waals surface area contributed by atoms with Crippen molar-refractivity contribution in [1.82, 2.24) is 20.2 Å². The highest BCUT2D eigenvalue weighted by Gasteiger charge is 2.10. The summed E-state index contributed by atoms with van der Waals surface area (Å²) in [4.78, 5) is 19.7. The predicted molar refractivity (Wildman–Crippen MR) is 99.7 cm³/mol. The molecule has 3 rings (SSSR count). The standard InChI is InChI=1S/C15H13N5OS3/c1-3-6-22-15-20-19-14(24-15)18-12(21)8-23-13-16-10-5-4-9(2)7-11(10)17-13/h1,4-5,7H,6,8H2,2H3,(H,16,17)(H,18,19,21). The Labute approximate surface area is 151 Å². The van der Waals surface area contributed by atoms with Crippen LogP contribution in [0.1, 0.15) is 5.56 Å². The van der Waals surface area contributed by atoms with Gasteiger partial charge in [-0.15, -0.1) is 16.6 Å². The maximum atomic E-state index is 12.0. The van der Waals surface area contributed by atoms with Crippen LogP contribution in [0.15, 0.2) is 27.7 Å². The maximum absolute atomic E-state index is 12.0. The molecule has 0 atom stereocenters. The van der Waals surface area contributed by atoms with E-state index in [-0.39, 0.29) is 11.7 Å². The predicted octanol–water partition coefficient (Wildman–Crippen LogP) is 3.18. The number of terminal acetylenes is 1. The second-order valence-corrected chi connectivity index (χ2v) is 7.93. The van der Waals surface area contributed by atoms with Gasteiger partial charge in [-0.05, 0) is 24.6 Å². The molecule has 3 aromatic rings. The molecular weight excluding hydrogens is 362 g/mol. The molecule has 0 saturated carbocycles. The van der Waals surface area contributed by atoms with Crippen molar-refractivity contribution < 1.29 is 4.79 Å². The van der Waals surface area contributed by atoms with Crippen LogP contribution in [0.25, 0.3) is 11.0 Å². The van der Waals surface area contributed by atoms with Crippen LogP contribution in [0.2, 0.25) is 0 Å². The zero-order valence-corrected chi connectivity index (χ0v) is 15.1. The lowest BCUT2D eigenvalue weighted by Gasteiger charge is -1.98. The van der Waals surface area contributed by atoms with Crippen molar-refractivity contribution in [2.24, 2.45) is 0 Å². The average Bonchev–Trinajstić information content (AvgIpc) is 3.16. The van der Waals surface area contributed by atoms with Gasteiger partial charge in [-0.3, -0.25) is 10.1 Å². The van der Waals surface area contributed by atoms with Crippen molar-refractivity contribution in [3.8, 4) is 12.3 Å². The molecule has 0 aliphatic carbocycles. The van der Waals surface area contributed by atoms with Gasteiger partial charge < -0.3 is 4.98 Å². The van der Waals surface area contributed by atoms with Gasteiger partial charge >= 0.3 is 0 Å². The SMILES string of the molecule is C#CCSc1nnc(NC(=O)CSc2nc3ccc(C)cc3[nH]2)s1. The lowest BCUT2D eigenvalue weighted by molar-refractivity contribution is -0.113. The molecule has 2 N–H and O–H groups in total. The van der Waals surface area contributed by atoms with Gasteiger partial charge in [0.25, 0.3) is 0 Å². The van der Waals surface area contributed by atoms with Gasteiger partial charge in [0.1, 0.15) is 0 Å². The topological polar surface area (TPSA) is 83.6 Å². The van der Waals surface area contributed by atoms with Gasteiger partial charge in [0.05, 0.1) is 22.5 Å². The number of aromatic amines is 1. The third-order valence-corrected chi connectivity index (χ3v) is 5.64. The maximum Gasteiger partial charge on any atom is 0.236 e. The number of fused-ring (bicyclic) bond motifs is 1. The molecule has 0 unspecified atom stereocenters. The summed E-state index contributed by atoms with van der Waals surface area (Å²) >= 11 is 4.07. The first-order valence-corrected chi connectivity index (χ1v) is 9.71. The number of carbonyl (C=O) groups is 1. The van der Waals surface area contributed by atoms with E-state index in [0.717, 1.165) is 20.9 Å². The Bertz CT molecular complexity index is 911. The van der Waals surface area contributed by atoms with Crippen LogP contribution in [0, 0.1) is 19.3 Å². The highest BCUT2D eigenvalue weighted by atomic mass is 32.2. The van der Waals surface area contributed by atoms with Gasteiger partial charge in [-0.2, -0.15) is 0 Å². The van der Waals surface area contributed by atoms with E-state index < -0.39 is 0 Å². The minimum absolute atomic E-state index is 0.152. The van der Waals surface area contributed by atoms with E-state index in [9.17, 15) is 4.79 Å². The molecule has 24 heavy (non-hydrogen) atoms. The summed E-state index contributed by atoms with van der Waals surface area (Å²) in [6, 6.07) is 6.00. The van der Waals surface area contributed by atoms with Crippen LogP contribution in [0.4, 0.5) is 5.13 Å². The van der Waals surface area contributed by atoms with E-state index in [1.165, 1.54) is 34.9 Å². The smallest absolute Gasteiger partial charge is 0.236 e. The van der Waals surface area contributed by atoms with Crippen molar-refractivity contribution in [3.05, 3.63) is 23.8 Å². The fourth-order valence-corrected chi connectivity index (χ4v) is 4.01. The van der Waals surface area contributed by atoms with Gasteiger partial charge in [0, 0.05) is 0 Å². The number of hydrogen-bond acceptors (Lipinski definition) is 7.